The third kappa shape index (κ3) is 2.02. The van der Waals surface area contributed by atoms with E-state index in [-0.39, 0.29) is 22.4 Å². The van der Waals surface area contributed by atoms with E-state index >= 15 is 0 Å². The molecule has 6 nitrogen and oxygen atoms in total. The van der Waals surface area contributed by atoms with Gasteiger partial charge in [-0.05, 0) is 34.1 Å². The lowest BCUT2D eigenvalue weighted by Crippen LogP contribution is -2.36. The molecule has 21 heavy (non-hydrogen) atoms. The highest BCUT2D eigenvalue weighted by molar-refractivity contribution is 9.10. The minimum absolute atomic E-state index is 0.0683. The average Bonchev–Trinajstić information content (AvgIpc) is 2.71. The number of imide groups is 3. The Kier molecular flexibility index (Phi) is 3.06. The lowest BCUT2D eigenvalue weighted by Gasteiger charge is -2.11. The molecule has 1 aromatic carbocycles. The van der Waals surface area contributed by atoms with E-state index in [9.17, 15) is 14.4 Å². The van der Waals surface area contributed by atoms with E-state index in [1.54, 1.807) is 6.07 Å². The molecule has 0 saturated heterocycles. The van der Waals surface area contributed by atoms with Crippen LogP contribution in [-0.2, 0) is 0 Å². The van der Waals surface area contributed by atoms with Crippen molar-refractivity contribution >= 4 is 39.3 Å². The van der Waals surface area contributed by atoms with Crippen LogP contribution in [0.3, 0.4) is 0 Å². The summed E-state index contributed by atoms with van der Waals surface area (Å²) in [5, 5.41) is 0. The number of rotatable bonds is 1. The van der Waals surface area contributed by atoms with Gasteiger partial charge in [-0.1, -0.05) is 6.07 Å². The minimum Gasteiger partial charge on any atom is -0.398 e. The first-order valence-corrected chi connectivity index (χ1v) is 6.72. The number of fused-ring (bicyclic) bond motifs is 1. The van der Waals surface area contributed by atoms with Crippen LogP contribution in [-0.4, -0.2) is 27.6 Å². The Labute approximate surface area is 127 Å². The highest BCUT2D eigenvalue weighted by Gasteiger charge is 2.41. The summed E-state index contributed by atoms with van der Waals surface area (Å²) in [5.74, 6) is -2.11. The molecule has 0 atom stereocenters. The maximum Gasteiger partial charge on any atom is 0.270 e. The highest BCUT2D eigenvalue weighted by Crippen LogP contribution is 2.28. The molecule has 0 bridgehead atoms. The second-order valence-corrected chi connectivity index (χ2v) is 5.33. The Balaban J connectivity index is 2.06. The van der Waals surface area contributed by atoms with E-state index in [0.717, 1.165) is 0 Å². The standard InChI is InChI=1S/C14H8BrN3O3/c15-8-4-7(5-17-6-8)12(19)18-13(20)9-2-1-3-10(16)11(9)14(18)21/h1-6H,16H2. The second kappa shape index (κ2) is 4.78. The van der Waals surface area contributed by atoms with Gasteiger partial charge in [0.15, 0.2) is 0 Å². The molecule has 0 spiro atoms. The molecule has 7 heteroatoms. The monoisotopic (exact) mass is 345 g/mol. The van der Waals surface area contributed by atoms with Crippen LogP contribution >= 0.6 is 15.9 Å². The van der Waals surface area contributed by atoms with E-state index in [2.05, 4.69) is 20.9 Å². The third-order valence-corrected chi connectivity index (χ3v) is 3.54. The maximum absolute atomic E-state index is 12.4. The van der Waals surface area contributed by atoms with E-state index in [1.165, 1.54) is 30.6 Å². The molecule has 0 unspecified atom stereocenters. The zero-order valence-electron chi connectivity index (χ0n) is 10.5. The summed E-state index contributed by atoms with van der Waals surface area (Å²) in [6.45, 7) is 0. The van der Waals surface area contributed by atoms with Gasteiger partial charge in [0.05, 0.1) is 16.7 Å². The van der Waals surface area contributed by atoms with Crippen LogP contribution in [0.1, 0.15) is 31.1 Å². The van der Waals surface area contributed by atoms with Crippen LogP contribution in [0.5, 0.6) is 0 Å². The van der Waals surface area contributed by atoms with Gasteiger partial charge in [-0.15, -0.1) is 0 Å². The van der Waals surface area contributed by atoms with Gasteiger partial charge in [-0.2, -0.15) is 0 Å². The van der Waals surface area contributed by atoms with Crippen LogP contribution < -0.4 is 5.73 Å². The molecule has 1 aromatic heterocycles. The number of aromatic nitrogens is 1. The van der Waals surface area contributed by atoms with Crippen molar-refractivity contribution in [2.24, 2.45) is 0 Å². The van der Waals surface area contributed by atoms with Gasteiger partial charge in [-0.3, -0.25) is 19.4 Å². The molecule has 2 N–H and O–H groups in total. The van der Waals surface area contributed by atoms with E-state index in [1.807, 2.05) is 0 Å². The van der Waals surface area contributed by atoms with Gasteiger partial charge >= 0.3 is 0 Å². The van der Waals surface area contributed by atoms with Gasteiger partial charge in [0, 0.05) is 22.6 Å². The average molecular weight is 346 g/mol. The highest BCUT2D eigenvalue weighted by atomic mass is 79.9. The zero-order valence-corrected chi connectivity index (χ0v) is 12.1. The SMILES string of the molecule is Nc1cccc2c1C(=O)N(C(=O)c1cncc(Br)c1)C2=O. The summed E-state index contributed by atoms with van der Waals surface area (Å²) in [4.78, 5) is 41.4. The van der Waals surface area contributed by atoms with Crippen molar-refractivity contribution in [2.75, 3.05) is 5.73 Å². The zero-order chi connectivity index (χ0) is 15.1. The Morgan fingerprint density at radius 1 is 1.19 bits per heavy atom. The van der Waals surface area contributed by atoms with Crippen molar-refractivity contribution < 1.29 is 14.4 Å². The number of pyridine rings is 1. The molecular formula is C14H8BrN3O3. The summed E-state index contributed by atoms with van der Waals surface area (Å²) < 4.78 is 0.574. The lowest BCUT2D eigenvalue weighted by molar-refractivity contribution is 0.0566. The van der Waals surface area contributed by atoms with Gasteiger partial charge in [0.25, 0.3) is 17.7 Å². The topological polar surface area (TPSA) is 93.4 Å². The fourth-order valence-electron chi connectivity index (χ4n) is 2.15. The van der Waals surface area contributed by atoms with E-state index in [0.29, 0.717) is 9.37 Å². The number of carbonyl (C=O) groups is 3. The number of hydrogen-bond acceptors (Lipinski definition) is 5. The Hall–Kier alpha value is -2.54. The molecule has 3 amide bonds. The predicted molar refractivity (Wildman–Crippen MR) is 77.6 cm³/mol. The fourth-order valence-corrected chi connectivity index (χ4v) is 2.52. The van der Waals surface area contributed by atoms with Crippen molar-refractivity contribution in [3.63, 3.8) is 0 Å². The van der Waals surface area contributed by atoms with Crippen LogP contribution in [0.25, 0.3) is 0 Å². The number of carbonyl (C=O) groups excluding carboxylic acids is 3. The Bertz CT molecular complexity index is 804. The van der Waals surface area contributed by atoms with E-state index in [4.69, 9.17) is 5.73 Å². The number of hydrogen-bond donors (Lipinski definition) is 1. The maximum atomic E-state index is 12.4. The van der Waals surface area contributed by atoms with Crippen molar-refractivity contribution in [3.05, 3.63) is 57.8 Å². The van der Waals surface area contributed by atoms with Gasteiger partial charge in [0.2, 0.25) is 0 Å². The number of nitrogen functional groups attached to an aromatic ring is 1. The second-order valence-electron chi connectivity index (χ2n) is 4.41. The molecule has 1 aliphatic rings. The Morgan fingerprint density at radius 2 is 1.95 bits per heavy atom. The number of halogens is 1. The van der Waals surface area contributed by atoms with Gasteiger partial charge < -0.3 is 5.73 Å². The van der Waals surface area contributed by atoms with Crippen LogP contribution in [0, 0.1) is 0 Å². The fraction of sp³-hybridized carbons (Fsp3) is 0. The molecule has 2 heterocycles. The molecular weight excluding hydrogens is 338 g/mol. The van der Waals surface area contributed by atoms with Crippen molar-refractivity contribution in [1.29, 1.82) is 0 Å². The molecule has 2 aromatic rings. The molecule has 1 aliphatic heterocycles. The van der Waals surface area contributed by atoms with Gasteiger partial charge in [-0.25, -0.2) is 4.90 Å². The molecule has 0 saturated carbocycles. The lowest BCUT2D eigenvalue weighted by atomic mass is 10.1. The summed E-state index contributed by atoms with van der Waals surface area (Å²) in [7, 11) is 0. The van der Waals surface area contributed by atoms with Crippen molar-refractivity contribution in [3.8, 4) is 0 Å². The third-order valence-electron chi connectivity index (χ3n) is 3.10. The summed E-state index contributed by atoms with van der Waals surface area (Å²) in [6, 6.07) is 6.03. The van der Waals surface area contributed by atoms with Crippen LogP contribution in [0.2, 0.25) is 0 Å². The molecule has 0 radical (unpaired) electrons. The molecule has 0 aliphatic carbocycles. The summed E-state index contributed by atoms with van der Waals surface area (Å²) >= 11 is 3.19. The normalized spacial score (nSPS) is 13.5. The predicted octanol–water partition coefficient (Wildman–Crippen LogP) is 1.86. The van der Waals surface area contributed by atoms with Crippen molar-refractivity contribution in [1.82, 2.24) is 9.88 Å². The first-order chi connectivity index (χ1) is 10.0. The van der Waals surface area contributed by atoms with Crippen molar-refractivity contribution in [2.45, 2.75) is 0 Å². The van der Waals surface area contributed by atoms with Crippen LogP contribution in [0.4, 0.5) is 5.69 Å². The van der Waals surface area contributed by atoms with E-state index < -0.39 is 17.7 Å². The van der Waals surface area contributed by atoms with Crippen LogP contribution in [0.15, 0.2) is 41.1 Å². The number of amides is 3. The first-order valence-electron chi connectivity index (χ1n) is 5.93. The summed E-state index contributed by atoms with van der Waals surface area (Å²) in [6.07, 6.45) is 2.79. The first kappa shape index (κ1) is 13.4. The number of anilines is 1. The molecule has 0 fully saturated rings. The van der Waals surface area contributed by atoms with Gasteiger partial charge in [0.1, 0.15) is 0 Å². The Morgan fingerprint density at radius 3 is 2.62 bits per heavy atom. The molecule has 104 valence electrons. The quantitative estimate of drug-likeness (QED) is 0.628. The summed E-state index contributed by atoms with van der Waals surface area (Å²) in [5.41, 5.74) is 6.23. The number of nitrogens with zero attached hydrogens (tertiary/aromatic N) is 2. The number of nitrogens with two attached hydrogens (primary N) is 1. The smallest absolute Gasteiger partial charge is 0.270 e. The minimum atomic E-state index is -0.727. The molecule has 3 rings (SSSR count). The largest absolute Gasteiger partial charge is 0.398 e. The number of benzene rings is 1.